The van der Waals surface area contributed by atoms with Crippen molar-refractivity contribution in [2.45, 2.75) is 5.28 Å². The average Bonchev–Trinajstić information content (AvgIpc) is 1.62. The van der Waals surface area contributed by atoms with Crippen LogP contribution >= 0.6 is 7.91 Å². The van der Waals surface area contributed by atoms with Crippen molar-refractivity contribution < 1.29 is 15.9 Å². The molecule has 0 amide bonds. The van der Waals surface area contributed by atoms with Gasteiger partial charge in [0.15, 0.2) is 0 Å². The Labute approximate surface area is 56.9 Å². The highest BCUT2D eigenvalue weighted by Gasteiger charge is 2.50. The van der Waals surface area contributed by atoms with Gasteiger partial charge in [-0.1, -0.05) is 0 Å². The predicted octanol–water partition coefficient (Wildman–Crippen LogP) is 1.23. The zero-order chi connectivity index (χ0) is 6.91. The summed E-state index contributed by atoms with van der Waals surface area (Å²) in [5.74, 6) is 2.23. The molecule has 1 rings (SSSR count). The van der Waals surface area contributed by atoms with Gasteiger partial charge in [0.05, 0.1) is 0 Å². The van der Waals surface area contributed by atoms with Gasteiger partial charge in [-0.2, -0.15) is 0 Å². The van der Waals surface area contributed by atoms with Crippen molar-refractivity contribution in [3.63, 3.8) is 0 Å². The van der Waals surface area contributed by atoms with E-state index in [2.05, 4.69) is 13.1 Å². The Morgan fingerprint density at radius 3 is 2.67 bits per heavy atom. The lowest BCUT2D eigenvalue weighted by Gasteiger charge is -2.24. The van der Waals surface area contributed by atoms with Crippen LogP contribution in [0.1, 0.15) is 0 Å². The molecule has 0 aromatic rings. The van der Waals surface area contributed by atoms with Gasteiger partial charge in [0.25, 0.3) is 0 Å². The molecule has 1 fully saturated rings. The first-order valence-corrected chi connectivity index (χ1v) is 5.43. The molecule has 1 aliphatic rings. The Kier molecular flexibility index (Phi) is 1.96. The second-order valence-electron chi connectivity index (χ2n) is 1.48. The second-order valence-corrected chi connectivity index (χ2v) is 5.29. The first kappa shape index (κ1) is 7.28. The molecule has 0 saturated carbocycles. The molecule has 9 heavy (non-hydrogen) atoms. The maximum absolute atomic E-state index is 11.9. The van der Waals surface area contributed by atoms with E-state index in [0.717, 1.165) is 0 Å². The fourth-order valence-corrected chi connectivity index (χ4v) is 3.56. The third kappa shape index (κ3) is 1.79. The monoisotopic (exact) mass is 164 g/mol. The lowest BCUT2D eigenvalue weighted by atomic mass is 10.8. The van der Waals surface area contributed by atoms with Gasteiger partial charge in [-0.05, 0) is 0 Å². The highest BCUT2D eigenvalue weighted by molar-refractivity contribution is 7.54. The number of hydrogen-bond donors (Lipinski definition) is 0. The van der Waals surface area contributed by atoms with Gasteiger partial charge in [-0.25, -0.2) is 4.57 Å². The maximum Gasteiger partial charge on any atom is 0.704 e. The van der Waals surface area contributed by atoms with Gasteiger partial charge in [0.1, 0.15) is 0 Å². The van der Waals surface area contributed by atoms with E-state index in [4.69, 9.17) is 6.42 Å². The van der Waals surface area contributed by atoms with E-state index in [-0.39, 0.29) is 5.28 Å². The largest absolute Gasteiger partial charge is 0.704 e. The Hall–Kier alpha value is 0.172. The second kappa shape index (κ2) is 2.42. The molecule has 0 radical (unpaired) electrons. The van der Waals surface area contributed by atoms with Crippen LogP contribution in [0.3, 0.4) is 0 Å². The molecular weight excluding hydrogens is 161 g/mol. The van der Waals surface area contributed by atoms with Crippen LogP contribution in [0.2, 0.25) is 5.28 Å². The van der Waals surface area contributed by atoms with Crippen LogP contribution < -0.4 is 0 Å². The Morgan fingerprint density at radius 1 is 1.78 bits per heavy atom. The molecule has 0 spiro atoms. The lowest BCUT2D eigenvalue weighted by Crippen LogP contribution is -2.28. The van der Waals surface area contributed by atoms with E-state index in [1.165, 1.54) is 0 Å². The van der Waals surface area contributed by atoms with E-state index in [1.54, 1.807) is 0 Å². The first-order chi connectivity index (χ1) is 4.14. The average molecular weight is 164 g/mol. The number of rotatable bonds is 1. The van der Waals surface area contributed by atoms with E-state index < -0.39 is 22.7 Å². The van der Waals surface area contributed by atoms with Crippen LogP contribution in [0, 0.1) is 12.3 Å². The molecule has 0 bridgehead atoms. The zero-order valence-corrected chi connectivity index (χ0v) is 6.46. The lowest BCUT2D eigenvalue weighted by molar-refractivity contribution is 0.240. The van der Waals surface area contributed by atoms with Crippen LogP contribution in [0.5, 0.6) is 0 Å². The predicted molar refractivity (Wildman–Crippen MR) is 30.3 cm³/mol. The van der Waals surface area contributed by atoms with E-state index in [1.807, 2.05) is 0 Å². The van der Waals surface area contributed by atoms with Gasteiger partial charge in [-0.15, -0.1) is 16.5 Å². The Balaban J connectivity index is 2.29. The molecule has 0 aliphatic carbocycles. The van der Waals surface area contributed by atoms with Crippen molar-refractivity contribution in [3.8, 4) is 12.3 Å². The highest BCUT2D eigenvalue weighted by atomic mass is 31.2. The van der Waals surface area contributed by atoms with Crippen molar-refractivity contribution in [1.82, 2.24) is 0 Å². The molecule has 0 N–H and O–H groups in total. The smallest absolute Gasteiger partial charge is 0.384 e. The molecule has 0 unspecified atom stereocenters. The summed E-state index contributed by atoms with van der Waals surface area (Å²) in [6.45, 7) is 0. The van der Waals surface area contributed by atoms with Crippen LogP contribution in [-0.4, -0.2) is 14.8 Å². The number of halogens is 1. The van der Waals surface area contributed by atoms with E-state index in [0.29, 0.717) is 0 Å². The summed E-state index contributed by atoms with van der Waals surface area (Å²) >= 11 is -2.00. The fraction of sp³-hybridized carbons (Fsp3) is 0.333. The summed E-state index contributed by atoms with van der Waals surface area (Å²) in [7, 11) is -4.09. The minimum Gasteiger partial charge on any atom is -0.384 e. The minimum absolute atomic E-state index is 0.272. The molecule has 3 nitrogen and oxygen atoms in total. The van der Waals surface area contributed by atoms with Crippen molar-refractivity contribution in [2.24, 2.45) is 0 Å². The van der Waals surface area contributed by atoms with Gasteiger partial charge < -0.3 is 7.15 Å². The van der Waals surface area contributed by atoms with Gasteiger partial charge in [0.2, 0.25) is 0 Å². The summed E-state index contributed by atoms with van der Waals surface area (Å²) in [5.41, 5.74) is 0. The molecule has 1 saturated heterocycles. The number of hydrogen-bond acceptors (Lipinski definition) is 3. The molecule has 0 aromatic heterocycles. The van der Waals surface area contributed by atoms with Crippen LogP contribution in [0.4, 0.5) is 4.20 Å². The van der Waals surface area contributed by atoms with E-state index in [9.17, 15) is 8.76 Å². The zero-order valence-electron chi connectivity index (χ0n) is 4.41. The summed E-state index contributed by atoms with van der Waals surface area (Å²) in [4.78, 5) is 0. The van der Waals surface area contributed by atoms with E-state index >= 15 is 0 Å². The summed E-state index contributed by atoms with van der Waals surface area (Å²) in [6, 6.07) is 0. The van der Waals surface area contributed by atoms with Crippen molar-refractivity contribution in [2.75, 3.05) is 0 Å². The third-order valence-corrected chi connectivity index (χ3v) is 5.24. The van der Waals surface area contributed by atoms with Gasteiger partial charge >= 0.3 is 22.7 Å². The molecular formula is C3H3AlFO3P. The molecule has 0 atom stereocenters. The van der Waals surface area contributed by atoms with Crippen molar-refractivity contribution in [3.05, 3.63) is 0 Å². The minimum atomic E-state index is -4.09. The summed E-state index contributed by atoms with van der Waals surface area (Å²) < 4.78 is 30.3. The normalized spacial score (nSPS) is 22.4. The summed E-state index contributed by atoms with van der Waals surface area (Å²) in [6.07, 6.45) is 4.84. The Morgan fingerprint density at radius 2 is 2.33 bits per heavy atom. The highest BCUT2D eigenvalue weighted by Crippen LogP contribution is 2.59. The molecule has 48 valence electrons. The topological polar surface area (TPSA) is 35.5 Å². The van der Waals surface area contributed by atoms with Gasteiger partial charge in [0, 0.05) is 5.28 Å². The molecule has 1 heterocycles. The van der Waals surface area contributed by atoms with Gasteiger partial charge in [-0.3, -0.25) is 0 Å². The SMILES string of the molecule is C#C[CH2][Al]1[O]P(=O)(F)[O]1. The number of terminal acetylenes is 1. The van der Waals surface area contributed by atoms with Crippen molar-refractivity contribution >= 4 is 22.7 Å². The molecule has 0 aromatic carbocycles. The summed E-state index contributed by atoms with van der Waals surface area (Å²) in [5, 5.41) is 0.272. The molecule has 6 heteroatoms. The fourth-order valence-electron chi connectivity index (χ4n) is 0.460. The quantitative estimate of drug-likeness (QED) is 0.332. The van der Waals surface area contributed by atoms with Crippen LogP contribution in [-0.2, 0) is 11.7 Å². The van der Waals surface area contributed by atoms with Crippen molar-refractivity contribution in [1.29, 1.82) is 0 Å². The standard InChI is InChI=1S/C3H3.Al.FH2O3P/c1-3-2;;1-5(2,3)4/h1H,2H2;;(H2,2,3,4)/q;+2;/p-2. The third-order valence-electron chi connectivity index (χ3n) is 0.771. The molecule has 1 aliphatic heterocycles. The first-order valence-electron chi connectivity index (χ1n) is 2.24. The maximum atomic E-state index is 11.9. The Bertz CT molecular complexity index is 190. The van der Waals surface area contributed by atoms with Crippen LogP contribution in [0.25, 0.3) is 0 Å². The van der Waals surface area contributed by atoms with Crippen LogP contribution in [0.15, 0.2) is 0 Å².